The molecule has 2 heterocycles. The van der Waals surface area contributed by atoms with Gasteiger partial charge in [-0.15, -0.1) is 11.3 Å². The Morgan fingerprint density at radius 1 is 1.38 bits per heavy atom. The molecular weight excluding hydrogens is 328 g/mol. The van der Waals surface area contributed by atoms with Gasteiger partial charge in [-0.05, 0) is 50.4 Å². The Morgan fingerprint density at radius 2 is 2.12 bits per heavy atom. The van der Waals surface area contributed by atoms with E-state index in [4.69, 9.17) is 0 Å². The van der Waals surface area contributed by atoms with E-state index in [1.807, 2.05) is 6.20 Å². The van der Waals surface area contributed by atoms with Crippen molar-refractivity contribution in [3.05, 3.63) is 50.5 Å². The molecule has 1 aliphatic rings. The molecule has 7 nitrogen and oxygen atoms in total. The zero-order valence-corrected chi connectivity index (χ0v) is 14.1. The van der Waals surface area contributed by atoms with Crippen LogP contribution in [-0.2, 0) is 0 Å². The van der Waals surface area contributed by atoms with Gasteiger partial charge < -0.3 is 5.32 Å². The summed E-state index contributed by atoms with van der Waals surface area (Å²) in [5.74, 6) is 0.0995. The fourth-order valence-corrected chi connectivity index (χ4v) is 3.79. The molecule has 1 amide bonds. The Kier molecular flexibility index (Phi) is 4.86. The highest BCUT2D eigenvalue weighted by molar-refractivity contribution is 7.15. The molecule has 0 unspecified atom stereocenters. The molecule has 0 spiro atoms. The van der Waals surface area contributed by atoms with E-state index in [2.05, 4.69) is 15.6 Å². The summed E-state index contributed by atoms with van der Waals surface area (Å²) in [6.45, 7) is 3.72. The lowest BCUT2D eigenvalue weighted by Gasteiger charge is -2.20. The van der Waals surface area contributed by atoms with Crippen molar-refractivity contribution in [2.24, 2.45) is 0 Å². The van der Waals surface area contributed by atoms with Crippen molar-refractivity contribution in [2.75, 3.05) is 18.4 Å². The fourth-order valence-electron chi connectivity index (χ4n) is 2.81. The highest BCUT2D eigenvalue weighted by Crippen LogP contribution is 2.32. The second-order valence-corrected chi connectivity index (χ2v) is 6.92. The Labute approximate surface area is 143 Å². The average molecular weight is 346 g/mol. The minimum absolute atomic E-state index is 0.0883. The predicted molar refractivity (Wildman–Crippen MR) is 92.7 cm³/mol. The summed E-state index contributed by atoms with van der Waals surface area (Å²) < 4.78 is 0. The van der Waals surface area contributed by atoms with Crippen molar-refractivity contribution in [2.45, 2.75) is 25.7 Å². The number of aryl methyl sites for hydroxylation is 1. The van der Waals surface area contributed by atoms with Gasteiger partial charge in [-0.1, -0.05) is 0 Å². The third-order valence-electron chi connectivity index (χ3n) is 4.02. The number of aromatic nitrogens is 1. The Balaban J connectivity index is 1.73. The number of anilines is 1. The van der Waals surface area contributed by atoms with Crippen LogP contribution in [-0.4, -0.2) is 28.9 Å². The minimum atomic E-state index is -0.498. The van der Waals surface area contributed by atoms with E-state index < -0.39 is 4.92 Å². The van der Waals surface area contributed by atoms with E-state index in [1.165, 1.54) is 28.3 Å². The van der Waals surface area contributed by atoms with Gasteiger partial charge in [-0.3, -0.25) is 20.2 Å². The van der Waals surface area contributed by atoms with E-state index in [0.717, 1.165) is 25.9 Å². The molecule has 8 heteroatoms. The molecular formula is C16H18N4O3S. The van der Waals surface area contributed by atoms with Crippen molar-refractivity contribution in [1.29, 1.82) is 0 Å². The molecule has 3 rings (SSSR count). The number of carbonyl (C=O) groups excluding carboxylic acids is 1. The average Bonchev–Trinajstić information content (AvgIpc) is 3.03. The molecule has 24 heavy (non-hydrogen) atoms. The van der Waals surface area contributed by atoms with Crippen LogP contribution in [0.4, 0.5) is 10.8 Å². The molecule has 0 aliphatic carbocycles. The maximum atomic E-state index is 12.3. The molecule has 0 saturated carbocycles. The third kappa shape index (κ3) is 3.77. The van der Waals surface area contributed by atoms with Crippen molar-refractivity contribution >= 4 is 28.1 Å². The lowest BCUT2D eigenvalue weighted by atomic mass is 9.97. The third-order valence-corrected chi connectivity index (χ3v) is 5.10. The second kappa shape index (κ2) is 7.06. The number of nitro groups is 1. The van der Waals surface area contributed by atoms with Crippen LogP contribution in [0.15, 0.2) is 24.4 Å². The molecule has 1 aromatic carbocycles. The molecule has 1 aliphatic heterocycles. The number of non-ortho nitro benzene ring substituents is 1. The van der Waals surface area contributed by atoms with E-state index in [0.29, 0.717) is 16.6 Å². The lowest BCUT2D eigenvalue weighted by molar-refractivity contribution is -0.384. The van der Waals surface area contributed by atoms with Crippen LogP contribution < -0.4 is 10.6 Å². The predicted octanol–water partition coefficient (Wildman–Crippen LogP) is 3.08. The largest absolute Gasteiger partial charge is 0.317 e. The number of hydrogen-bond acceptors (Lipinski definition) is 6. The summed E-state index contributed by atoms with van der Waals surface area (Å²) in [4.78, 5) is 28.2. The second-order valence-electron chi connectivity index (χ2n) is 5.86. The highest BCUT2D eigenvalue weighted by Gasteiger charge is 2.19. The van der Waals surface area contributed by atoms with Gasteiger partial charge in [0.1, 0.15) is 0 Å². The van der Waals surface area contributed by atoms with Crippen LogP contribution in [0.2, 0.25) is 0 Å². The molecule has 1 saturated heterocycles. The number of carbonyl (C=O) groups is 1. The van der Waals surface area contributed by atoms with E-state index >= 15 is 0 Å². The fraction of sp³-hybridized carbons (Fsp3) is 0.375. The smallest absolute Gasteiger partial charge is 0.270 e. The summed E-state index contributed by atoms with van der Waals surface area (Å²) in [7, 11) is 0. The summed E-state index contributed by atoms with van der Waals surface area (Å²) >= 11 is 1.47. The first-order valence-electron chi connectivity index (χ1n) is 7.77. The van der Waals surface area contributed by atoms with Crippen molar-refractivity contribution in [3.8, 4) is 0 Å². The number of thiazole rings is 1. The maximum absolute atomic E-state index is 12.3. The first-order valence-corrected chi connectivity index (χ1v) is 8.58. The summed E-state index contributed by atoms with van der Waals surface area (Å²) in [6.07, 6.45) is 3.95. The molecule has 0 radical (unpaired) electrons. The lowest BCUT2D eigenvalue weighted by Crippen LogP contribution is -2.26. The van der Waals surface area contributed by atoms with Gasteiger partial charge in [-0.2, -0.15) is 0 Å². The molecule has 0 bridgehead atoms. The molecule has 2 N–H and O–H groups in total. The SMILES string of the molecule is Cc1cc(C(=O)Nc2ncc(C3CCNCC3)s2)cc([N+](=O)[O-])c1. The van der Waals surface area contributed by atoms with Gasteiger partial charge in [0.2, 0.25) is 0 Å². The summed E-state index contributed by atoms with van der Waals surface area (Å²) in [5, 5.41) is 17.5. The Bertz CT molecular complexity index is 768. The van der Waals surface area contributed by atoms with Gasteiger partial charge in [0, 0.05) is 28.8 Å². The molecule has 1 fully saturated rings. The van der Waals surface area contributed by atoms with Crippen LogP contribution in [0.25, 0.3) is 0 Å². The van der Waals surface area contributed by atoms with Crippen molar-refractivity contribution in [1.82, 2.24) is 10.3 Å². The maximum Gasteiger partial charge on any atom is 0.270 e. The standard InChI is InChI=1S/C16H18N4O3S/c1-10-6-12(8-13(7-10)20(22)23)15(21)19-16-18-9-14(24-16)11-2-4-17-5-3-11/h6-9,11,17H,2-5H2,1H3,(H,18,19,21). The number of nitro benzene ring substituents is 1. The number of nitrogens with one attached hydrogen (secondary N) is 2. The minimum Gasteiger partial charge on any atom is -0.317 e. The normalized spacial score (nSPS) is 15.2. The van der Waals surface area contributed by atoms with Gasteiger partial charge in [0.15, 0.2) is 5.13 Å². The number of piperidine rings is 1. The molecule has 1 aromatic heterocycles. The molecule has 126 valence electrons. The zero-order chi connectivity index (χ0) is 17.1. The van der Waals surface area contributed by atoms with Gasteiger partial charge >= 0.3 is 0 Å². The van der Waals surface area contributed by atoms with E-state index in [1.54, 1.807) is 13.0 Å². The van der Waals surface area contributed by atoms with Crippen molar-refractivity contribution < 1.29 is 9.72 Å². The van der Waals surface area contributed by atoms with Crippen molar-refractivity contribution in [3.63, 3.8) is 0 Å². The van der Waals surface area contributed by atoms with Crippen LogP contribution in [0.1, 0.15) is 39.6 Å². The van der Waals surface area contributed by atoms with Crippen LogP contribution in [0.3, 0.4) is 0 Å². The van der Waals surface area contributed by atoms with E-state index in [-0.39, 0.29) is 17.2 Å². The van der Waals surface area contributed by atoms with Crippen LogP contribution in [0, 0.1) is 17.0 Å². The van der Waals surface area contributed by atoms with Gasteiger partial charge in [-0.25, -0.2) is 4.98 Å². The summed E-state index contributed by atoms with van der Waals surface area (Å²) in [5.41, 5.74) is 0.846. The Hall–Kier alpha value is -2.32. The number of hydrogen-bond donors (Lipinski definition) is 2. The number of rotatable bonds is 4. The zero-order valence-electron chi connectivity index (χ0n) is 13.2. The monoisotopic (exact) mass is 346 g/mol. The van der Waals surface area contributed by atoms with Crippen LogP contribution in [0.5, 0.6) is 0 Å². The first kappa shape index (κ1) is 16.5. The summed E-state index contributed by atoms with van der Waals surface area (Å²) in [6, 6.07) is 4.35. The molecule has 2 aromatic rings. The highest BCUT2D eigenvalue weighted by atomic mass is 32.1. The van der Waals surface area contributed by atoms with Gasteiger partial charge in [0.05, 0.1) is 4.92 Å². The number of nitrogens with zero attached hydrogens (tertiary/aromatic N) is 2. The number of amides is 1. The first-order chi connectivity index (χ1) is 11.5. The quantitative estimate of drug-likeness (QED) is 0.655. The van der Waals surface area contributed by atoms with Gasteiger partial charge in [0.25, 0.3) is 11.6 Å². The number of benzene rings is 1. The van der Waals surface area contributed by atoms with Crippen LogP contribution >= 0.6 is 11.3 Å². The molecule has 0 atom stereocenters. The Morgan fingerprint density at radius 3 is 2.83 bits per heavy atom. The topological polar surface area (TPSA) is 97.2 Å². The van der Waals surface area contributed by atoms with E-state index in [9.17, 15) is 14.9 Å².